The molecule has 27 heavy (non-hydrogen) atoms. The Balaban J connectivity index is 1.79. The molecule has 0 amide bonds. The van der Waals surface area contributed by atoms with Crippen LogP contribution in [0, 0.1) is 0 Å². The van der Waals surface area contributed by atoms with Crippen LogP contribution in [0.25, 0.3) is 11.1 Å². The van der Waals surface area contributed by atoms with E-state index in [-0.39, 0.29) is 0 Å². The van der Waals surface area contributed by atoms with Crippen molar-refractivity contribution in [2.75, 3.05) is 4.90 Å². The molecule has 0 aliphatic heterocycles. The fourth-order valence-electron chi connectivity index (χ4n) is 3.11. The predicted molar refractivity (Wildman–Crippen MR) is 117 cm³/mol. The Morgan fingerprint density at radius 3 is 1.48 bits per heavy atom. The molecular formula is C24H17Cl2N. The number of halogens is 2. The summed E-state index contributed by atoms with van der Waals surface area (Å²) in [4.78, 5) is 2.15. The first-order valence-corrected chi connectivity index (χ1v) is 9.43. The lowest BCUT2D eigenvalue weighted by atomic mass is 10.0. The van der Waals surface area contributed by atoms with E-state index in [0.29, 0.717) is 10.0 Å². The summed E-state index contributed by atoms with van der Waals surface area (Å²) < 4.78 is 0. The lowest BCUT2D eigenvalue weighted by molar-refractivity contribution is 1.28. The molecule has 0 fully saturated rings. The molecule has 4 rings (SSSR count). The van der Waals surface area contributed by atoms with Gasteiger partial charge < -0.3 is 4.90 Å². The van der Waals surface area contributed by atoms with Gasteiger partial charge in [0.2, 0.25) is 0 Å². The van der Waals surface area contributed by atoms with Crippen molar-refractivity contribution in [2.45, 2.75) is 0 Å². The Morgan fingerprint density at radius 1 is 0.444 bits per heavy atom. The van der Waals surface area contributed by atoms with Gasteiger partial charge in [0.05, 0.1) is 0 Å². The maximum Gasteiger partial charge on any atom is 0.0476 e. The van der Waals surface area contributed by atoms with Crippen LogP contribution in [0.15, 0.2) is 103 Å². The molecular weight excluding hydrogens is 373 g/mol. The summed E-state index contributed by atoms with van der Waals surface area (Å²) >= 11 is 12.5. The highest BCUT2D eigenvalue weighted by Gasteiger charge is 2.13. The van der Waals surface area contributed by atoms with Gasteiger partial charge in [-0.3, -0.25) is 0 Å². The minimum absolute atomic E-state index is 0.695. The van der Waals surface area contributed by atoms with E-state index < -0.39 is 0 Å². The molecule has 4 aromatic rings. The van der Waals surface area contributed by atoms with Crippen LogP contribution in [0.4, 0.5) is 17.1 Å². The molecule has 0 aliphatic rings. The zero-order valence-corrected chi connectivity index (χ0v) is 16.0. The molecule has 1 nitrogen and oxygen atoms in total. The zero-order valence-electron chi connectivity index (χ0n) is 14.5. The highest BCUT2D eigenvalue weighted by atomic mass is 35.5. The van der Waals surface area contributed by atoms with Crippen LogP contribution in [-0.4, -0.2) is 0 Å². The lowest BCUT2D eigenvalue weighted by Crippen LogP contribution is -2.09. The number of nitrogens with zero attached hydrogens (tertiary/aromatic N) is 1. The second-order valence-corrected chi connectivity index (χ2v) is 7.08. The van der Waals surface area contributed by atoms with Crippen LogP contribution in [0.1, 0.15) is 0 Å². The summed E-state index contributed by atoms with van der Waals surface area (Å²) in [6.07, 6.45) is 0. The van der Waals surface area contributed by atoms with Gasteiger partial charge in [-0.2, -0.15) is 0 Å². The number of benzene rings is 4. The van der Waals surface area contributed by atoms with E-state index in [0.717, 1.165) is 17.1 Å². The topological polar surface area (TPSA) is 3.24 Å². The Kier molecular flexibility index (Phi) is 5.15. The van der Waals surface area contributed by atoms with Crippen molar-refractivity contribution in [3.05, 3.63) is 113 Å². The summed E-state index contributed by atoms with van der Waals surface area (Å²) in [5, 5.41) is 1.39. The molecule has 3 heteroatoms. The second kappa shape index (κ2) is 7.87. The molecule has 0 radical (unpaired) electrons. The van der Waals surface area contributed by atoms with Crippen LogP contribution in [0.3, 0.4) is 0 Å². The van der Waals surface area contributed by atoms with Crippen molar-refractivity contribution in [2.24, 2.45) is 0 Å². The number of hydrogen-bond acceptors (Lipinski definition) is 1. The maximum atomic E-state index is 6.25. The van der Waals surface area contributed by atoms with Gasteiger partial charge in [0.15, 0.2) is 0 Å². The first-order valence-electron chi connectivity index (χ1n) is 8.67. The summed E-state index contributed by atoms with van der Waals surface area (Å²) in [7, 11) is 0. The molecule has 0 atom stereocenters. The summed E-state index contributed by atoms with van der Waals surface area (Å²) in [6.45, 7) is 0. The van der Waals surface area contributed by atoms with Crippen LogP contribution < -0.4 is 4.90 Å². The highest BCUT2D eigenvalue weighted by molar-refractivity contribution is 6.31. The zero-order chi connectivity index (χ0) is 18.6. The molecule has 0 saturated carbocycles. The molecule has 0 aromatic heterocycles. The van der Waals surface area contributed by atoms with Crippen molar-refractivity contribution in [3.8, 4) is 11.1 Å². The van der Waals surface area contributed by atoms with E-state index in [1.165, 1.54) is 11.1 Å². The Bertz CT molecular complexity index is 998. The molecule has 4 aromatic carbocycles. The third kappa shape index (κ3) is 4.00. The molecule has 0 aliphatic carbocycles. The molecule has 0 heterocycles. The van der Waals surface area contributed by atoms with Gasteiger partial charge in [-0.15, -0.1) is 0 Å². The molecule has 0 saturated heterocycles. The molecule has 0 spiro atoms. The van der Waals surface area contributed by atoms with Gasteiger partial charge in [0.1, 0.15) is 0 Å². The smallest absolute Gasteiger partial charge is 0.0476 e. The minimum atomic E-state index is 0.695. The number of rotatable bonds is 4. The van der Waals surface area contributed by atoms with Crippen molar-refractivity contribution in [3.63, 3.8) is 0 Å². The molecule has 132 valence electrons. The molecule has 0 bridgehead atoms. The standard InChI is InChI=1S/C24H17Cl2N/c25-20-8-4-10-23(16-20)27(24-11-5-9-21(26)17-24)22-14-12-19(13-15-22)18-6-2-1-3-7-18/h1-17H. The maximum absolute atomic E-state index is 6.25. The lowest BCUT2D eigenvalue weighted by Gasteiger charge is -2.26. The van der Waals surface area contributed by atoms with Crippen LogP contribution >= 0.6 is 23.2 Å². The van der Waals surface area contributed by atoms with Crippen molar-refractivity contribution in [1.82, 2.24) is 0 Å². The fourth-order valence-corrected chi connectivity index (χ4v) is 3.48. The average molecular weight is 390 g/mol. The van der Waals surface area contributed by atoms with E-state index in [2.05, 4.69) is 41.3 Å². The Morgan fingerprint density at radius 2 is 0.963 bits per heavy atom. The van der Waals surface area contributed by atoms with Crippen LogP contribution in [0.5, 0.6) is 0 Å². The summed E-state index contributed by atoms with van der Waals surface area (Å²) in [6, 6.07) is 34.5. The normalized spacial score (nSPS) is 10.6. The number of anilines is 3. The summed E-state index contributed by atoms with van der Waals surface area (Å²) in [5.41, 5.74) is 5.38. The van der Waals surface area contributed by atoms with Crippen molar-refractivity contribution in [1.29, 1.82) is 0 Å². The van der Waals surface area contributed by atoms with Crippen LogP contribution in [-0.2, 0) is 0 Å². The summed E-state index contributed by atoms with van der Waals surface area (Å²) in [5.74, 6) is 0. The first kappa shape index (κ1) is 17.7. The van der Waals surface area contributed by atoms with Crippen LogP contribution in [0.2, 0.25) is 10.0 Å². The quantitative estimate of drug-likeness (QED) is 0.340. The third-order valence-corrected chi connectivity index (χ3v) is 4.84. The number of hydrogen-bond donors (Lipinski definition) is 0. The third-order valence-electron chi connectivity index (χ3n) is 4.37. The van der Waals surface area contributed by atoms with E-state index in [4.69, 9.17) is 23.2 Å². The minimum Gasteiger partial charge on any atom is -0.310 e. The van der Waals surface area contributed by atoms with E-state index in [9.17, 15) is 0 Å². The fraction of sp³-hybridized carbons (Fsp3) is 0. The van der Waals surface area contributed by atoms with Gasteiger partial charge in [-0.25, -0.2) is 0 Å². The largest absolute Gasteiger partial charge is 0.310 e. The highest BCUT2D eigenvalue weighted by Crippen LogP contribution is 2.37. The monoisotopic (exact) mass is 389 g/mol. The average Bonchev–Trinajstić information content (AvgIpc) is 2.70. The van der Waals surface area contributed by atoms with Gasteiger partial charge >= 0.3 is 0 Å². The van der Waals surface area contributed by atoms with Gasteiger partial charge in [0, 0.05) is 27.1 Å². The Hall–Kier alpha value is -2.74. The van der Waals surface area contributed by atoms with E-state index >= 15 is 0 Å². The molecule has 0 unspecified atom stereocenters. The first-order chi connectivity index (χ1) is 13.2. The van der Waals surface area contributed by atoms with Gasteiger partial charge in [-0.1, -0.05) is 77.8 Å². The van der Waals surface area contributed by atoms with Gasteiger partial charge in [0.25, 0.3) is 0 Å². The predicted octanol–water partition coefficient (Wildman–Crippen LogP) is 8.13. The van der Waals surface area contributed by atoms with Crippen molar-refractivity contribution >= 4 is 40.3 Å². The SMILES string of the molecule is Clc1cccc(N(c2ccc(-c3ccccc3)cc2)c2cccc(Cl)c2)c1. The van der Waals surface area contributed by atoms with E-state index in [1.54, 1.807) is 0 Å². The molecule has 0 N–H and O–H groups in total. The van der Waals surface area contributed by atoms with E-state index in [1.807, 2.05) is 66.7 Å². The second-order valence-electron chi connectivity index (χ2n) is 6.21. The van der Waals surface area contributed by atoms with Crippen molar-refractivity contribution < 1.29 is 0 Å². The Labute approximate surface area is 169 Å². The van der Waals surface area contributed by atoms with Gasteiger partial charge in [-0.05, 0) is 59.7 Å².